The van der Waals surface area contributed by atoms with Crippen LogP contribution in [-0.2, 0) is 10.0 Å². The highest BCUT2D eigenvalue weighted by molar-refractivity contribution is 7.89. The van der Waals surface area contributed by atoms with E-state index in [9.17, 15) is 8.42 Å². The van der Waals surface area contributed by atoms with Gasteiger partial charge in [0.05, 0.1) is 17.7 Å². The molecular weight excluding hydrogens is 398 g/mol. The van der Waals surface area contributed by atoms with Gasteiger partial charge in [-0.1, -0.05) is 23.7 Å². The van der Waals surface area contributed by atoms with Crippen molar-refractivity contribution in [1.29, 1.82) is 0 Å². The molecule has 152 valence electrons. The first-order valence-electron chi connectivity index (χ1n) is 9.35. The summed E-state index contributed by atoms with van der Waals surface area (Å²) in [6.45, 7) is 5.03. The number of ether oxygens (including phenoxy) is 1. The van der Waals surface area contributed by atoms with E-state index in [1.165, 1.54) is 12.1 Å². The number of nitrogens with one attached hydrogen (secondary N) is 1. The van der Waals surface area contributed by atoms with E-state index in [1.807, 2.05) is 18.2 Å². The number of hydrogen-bond acceptors (Lipinski definition) is 5. The van der Waals surface area contributed by atoms with Crippen molar-refractivity contribution in [2.24, 2.45) is 0 Å². The number of nitrogens with zero attached hydrogens (tertiary/aromatic N) is 2. The van der Waals surface area contributed by atoms with Gasteiger partial charge in [-0.3, -0.25) is 4.90 Å². The molecular formula is C20H26ClN3O3S. The molecule has 0 bridgehead atoms. The summed E-state index contributed by atoms with van der Waals surface area (Å²) in [6.07, 6.45) is 0.765. The highest BCUT2D eigenvalue weighted by atomic mass is 35.5. The van der Waals surface area contributed by atoms with Crippen molar-refractivity contribution < 1.29 is 13.2 Å². The van der Waals surface area contributed by atoms with Gasteiger partial charge in [0.25, 0.3) is 0 Å². The van der Waals surface area contributed by atoms with E-state index < -0.39 is 10.0 Å². The fourth-order valence-electron chi connectivity index (χ4n) is 3.31. The SMILES string of the molecule is COc1ccccc1N1CCN(CCCNS(=O)(=O)c2ccc(Cl)cc2)CC1. The number of sulfonamides is 1. The van der Waals surface area contributed by atoms with Crippen molar-refractivity contribution in [3.8, 4) is 5.75 Å². The minimum Gasteiger partial charge on any atom is -0.495 e. The summed E-state index contributed by atoms with van der Waals surface area (Å²) in [4.78, 5) is 4.93. The molecule has 1 saturated heterocycles. The summed E-state index contributed by atoms with van der Waals surface area (Å²) < 4.78 is 32.6. The molecule has 2 aromatic carbocycles. The summed E-state index contributed by atoms with van der Waals surface area (Å²) in [7, 11) is -1.79. The number of benzene rings is 2. The average Bonchev–Trinajstić information content (AvgIpc) is 2.72. The van der Waals surface area contributed by atoms with Gasteiger partial charge in [0.2, 0.25) is 10.0 Å². The normalized spacial score (nSPS) is 15.6. The number of rotatable bonds is 8. The average molecular weight is 424 g/mol. The van der Waals surface area contributed by atoms with Gasteiger partial charge in [-0.25, -0.2) is 13.1 Å². The van der Waals surface area contributed by atoms with E-state index in [-0.39, 0.29) is 4.90 Å². The Labute approximate surface area is 172 Å². The number of halogens is 1. The van der Waals surface area contributed by atoms with Crippen LogP contribution >= 0.6 is 11.6 Å². The van der Waals surface area contributed by atoms with Crippen LogP contribution in [0, 0.1) is 0 Å². The zero-order valence-electron chi connectivity index (χ0n) is 16.0. The third-order valence-corrected chi connectivity index (χ3v) is 6.59. The van der Waals surface area contributed by atoms with E-state index in [2.05, 4.69) is 20.6 Å². The molecule has 3 rings (SSSR count). The summed E-state index contributed by atoms with van der Waals surface area (Å²) >= 11 is 5.81. The molecule has 0 aliphatic carbocycles. The second-order valence-corrected chi connectivity index (χ2v) is 8.91. The van der Waals surface area contributed by atoms with E-state index in [0.717, 1.165) is 50.6 Å². The molecule has 1 fully saturated rings. The number of piperazine rings is 1. The van der Waals surface area contributed by atoms with Crippen LogP contribution < -0.4 is 14.4 Å². The van der Waals surface area contributed by atoms with Gasteiger partial charge >= 0.3 is 0 Å². The second kappa shape index (κ2) is 9.60. The van der Waals surface area contributed by atoms with Crippen molar-refractivity contribution in [3.05, 3.63) is 53.6 Å². The van der Waals surface area contributed by atoms with Crippen LogP contribution in [0.25, 0.3) is 0 Å². The minimum absolute atomic E-state index is 0.238. The van der Waals surface area contributed by atoms with Crippen LogP contribution in [-0.4, -0.2) is 59.7 Å². The lowest BCUT2D eigenvalue weighted by atomic mass is 10.2. The molecule has 0 radical (unpaired) electrons. The molecule has 6 nitrogen and oxygen atoms in total. The Bertz CT molecular complexity index is 867. The van der Waals surface area contributed by atoms with Crippen LogP contribution in [0.3, 0.4) is 0 Å². The van der Waals surface area contributed by atoms with Crippen LogP contribution in [0.4, 0.5) is 5.69 Å². The Balaban J connectivity index is 1.42. The quantitative estimate of drug-likeness (QED) is 0.661. The molecule has 0 atom stereocenters. The molecule has 1 aliphatic rings. The van der Waals surface area contributed by atoms with E-state index in [0.29, 0.717) is 11.6 Å². The fraction of sp³-hybridized carbons (Fsp3) is 0.400. The topological polar surface area (TPSA) is 61.9 Å². The Morgan fingerprint density at radius 1 is 1.04 bits per heavy atom. The van der Waals surface area contributed by atoms with Gasteiger partial charge in [-0.05, 0) is 49.4 Å². The number of para-hydroxylation sites is 2. The molecule has 1 aliphatic heterocycles. The minimum atomic E-state index is -3.48. The van der Waals surface area contributed by atoms with Crippen molar-refractivity contribution >= 4 is 27.3 Å². The molecule has 28 heavy (non-hydrogen) atoms. The molecule has 0 unspecified atom stereocenters. The fourth-order valence-corrected chi connectivity index (χ4v) is 4.51. The highest BCUT2D eigenvalue weighted by Gasteiger charge is 2.19. The zero-order chi connectivity index (χ0) is 20.0. The summed E-state index contributed by atoms with van der Waals surface area (Å²) in [5, 5.41) is 0.520. The maximum absolute atomic E-state index is 12.3. The van der Waals surface area contributed by atoms with E-state index >= 15 is 0 Å². The maximum atomic E-state index is 12.3. The Morgan fingerprint density at radius 2 is 1.71 bits per heavy atom. The Kier molecular flexibility index (Phi) is 7.18. The predicted octanol–water partition coefficient (Wildman–Crippen LogP) is 2.84. The zero-order valence-corrected chi connectivity index (χ0v) is 17.5. The van der Waals surface area contributed by atoms with Crippen LogP contribution in [0.1, 0.15) is 6.42 Å². The summed E-state index contributed by atoms with van der Waals surface area (Å²) in [6, 6.07) is 14.3. The second-order valence-electron chi connectivity index (χ2n) is 6.71. The van der Waals surface area contributed by atoms with Crippen LogP contribution in [0.2, 0.25) is 5.02 Å². The molecule has 2 aromatic rings. The Morgan fingerprint density at radius 3 is 2.39 bits per heavy atom. The van der Waals surface area contributed by atoms with Crippen LogP contribution in [0.15, 0.2) is 53.4 Å². The molecule has 0 aromatic heterocycles. The highest BCUT2D eigenvalue weighted by Crippen LogP contribution is 2.28. The monoisotopic (exact) mass is 423 g/mol. The third kappa shape index (κ3) is 5.38. The predicted molar refractivity (Wildman–Crippen MR) is 113 cm³/mol. The molecule has 8 heteroatoms. The lowest BCUT2D eigenvalue weighted by Gasteiger charge is -2.36. The summed E-state index contributed by atoms with van der Waals surface area (Å²) in [5.74, 6) is 0.896. The van der Waals surface area contributed by atoms with E-state index in [1.54, 1.807) is 19.2 Å². The van der Waals surface area contributed by atoms with Crippen molar-refractivity contribution in [2.45, 2.75) is 11.3 Å². The lowest BCUT2D eigenvalue weighted by Crippen LogP contribution is -2.47. The largest absolute Gasteiger partial charge is 0.495 e. The van der Waals surface area contributed by atoms with Gasteiger partial charge in [0.1, 0.15) is 5.75 Å². The van der Waals surface area contributed by atoms with E-state index in [4.69, 9.17) is 16.3 Å². The van der Waals surface area contributed by atoms with Crippen LogP contribution in [0.5, 0.6) is 5.75 Å². The summed E-state index contributed by atoms with van der Waals surface area (Å²) in [5.41, 5.74) is 1.13. The van der Waals surface area contributed by atoms with Crippen molar-refractivity contribution in [3.63, 3.8) is 0 Å². The molecule has 1 N–H and O–H groups in total. The standard InChI is InChI=1S/C20H26ClN3O3S/c1-27-20-6-3-2-5-19(20)24-15-13-23(14-16-24)12-4-11-22-28(25,26)18-9-7-17(21)8-10-18/h2-3,5-10,22H,4,11-16H2,1H3. The smallest absolute Gasteiger partial charge is 0.240 e. The van der Waals surface area contributed by atoms with Gasteiger partial charge in [0, 0.05) is 37.7 Å². The molecule has 0 saturated carbocycles. The lowest BCUT2D eigenvalue weighted by molar-refractivity contribution is 0.254. The molecule has 0 amide bonds. The number of methoxy groups -OCH3 is 1. The molecule has 0 spiro atoms. The van der Waals surface area contributed by atoms with Gasteiger partial charge in [0.15, 0.2) is 0 Å². The van der Waals surface area contributed by atoms with Gasteiger partial charge in [-0.2, -0.15) is 0 Å². The number of anilines is 1. The van der Waals surface area contributed by atoms with Crippen molar-refractivity contribution in [2.75, 3.05) is 51.3 Å². The van der Waals surface area contributed by atoms with Gasteiger partial charge in [-0.15, -0.1) is 0 Å². The third-order valence-electron chi connectivity index (χ3n) is 4.87. The molecule has 1 heterocycles. The number of hydrogen-bond donors (Lipinski definition) is 1. The van der Waals surface area contributed by atoms with Gasteiger partial charge < -0.3 is 9.64 Å². The maximum Gasteiger partial charge on any atom is 0.240 e. The first-order chi connectivity index (χ1) is 13.5. The van der Waals surface area contributed by atoms with Crippen molar-refractivity contribution in [1.82, 2.24) is 9.62 Å². The first kappa shape index (κ1) is 20.9. The Hall–Kier alpha value is -1.80. The first-order valence-corrected chi connectivity index (χ1v) is 11.2.